The summed E-state index contributed by atoms with van der Waals surface area (Å²) >= 11 is 0. The fourth-order valence-electron chi connectivity index (χ4n) is 5.35. The van der Waals surface area contributed by atoms with Crippen molar-refractivity contribution >= 4 is 22.8 Å². The number of hydrogen-bond acceptors (Lipinski definition) is 9. The molecule has 1 aliphatic rings. The Morgan fingerprint density at radius 1 is 1.07 bits per heavy atom. The minimum atomic E-state index is -0.961. The molecule has 2 aromatic carbocycles. The fraction of sp³-hybridized carbons (Fsp3) is 0.375. The number of ether oxygens (including phenoxy) is 3. The van der Waals surface area contributed by atoms with Gasteiger partial charge in [-0.05, 0) is 55.6 Å². The van der Waals surface area contributed by atoms with Gasteiger partial charge in [-0.15, -0.1) is 0 Å². The molecule has 4 aromatic rings. The maximum atomic E-state index is 12.3. The number of aromatic nitrogens is 2. The van der Waals surface area contributed by atoms with Crippen molar-refractivity contribution in [3.63, 3.8) is 0 Å². The molecule has 1 aliphatic heterocycles. The largest absolute Gasteiger partial charge is 0.487 e. The Morgan fingerprint density at radius 2 is 1.86 bits per heavy atom. The highest BCUT2D eigenvalue weighted by Crippen LogP contribution is 2.37. The molecule has 0 spiro atoms. The summed E-state index contributed by atoms with van der Waals surface area (Å²) in [6.45, 7) is 3.59. The zero-order valence-corrected chi connectivity index (χ0v) is 24.5. The van der Waals surface area contributed by atoms with Gasteiger partial charge < -0.3 is 40.0 Å². The SMILES string of the molecule is CNC(=O)n1ccc2cc(Oc3ccnc(NC(O)c4ccc(C5CCN(CCO)CC5)cc4)c3)c(OCCOC)cc21. The molecule has 3 heterocycles. The minimum absolute atomic E-state index is 0.198. The molecule has 1 saturated heterocycles. The number of anilines is 1. The Bertz CT molecular complexity index is 1500. The molecule has 1 fully saturated rings. The number of amides is 1. The number of aliphatic hydroxyl groups excluding tert-OH is 2. The Morgan fingerprint density at radius 3 is 2.58 bits per heavy atom. The van der Waals surface area contributed by atoms with Crippen molar-refractivity contribution < 1.29 is 29.2 Å². The molecule has 0 bridgehead atoms. The molecule has 0 radical (unpaired) electrons. The summed E-state index contributed by atoms with van der Waals surface area (Å²) in [5, 5.41) is 26.6. The van der Waals surface area contributed by atoms with Crippen LogP contribution in [0.25, 0.3) is 10.9 Å². The first-order chi connectivity index (χ1) is 21.0. The number of aliphatic hydroxyl groups is 2. The smallest absolute Gasteiger partial charge is 0.325 e. The van der Waals surface area contributed by atoms with Crippen LogP contribution in [-0.2, 0) is 4.74 Å². The first-order valence-corrected chi connectivity index (χ1v) is 14.5. The summed E-state index contributed by atoms with van der Waals surface area (Å²) in [6.07, 6.45) is 4.45. The van der Waals surface area contributed by atoms with Crippen LogP contribution in [0.3, 0.4) is 0 Å². The van der Waals surface area contributed by atoms with Crippen molar-refractivity contribution in [3.05, 3.63) is 78.1 Å². The van der Waals surface area contributed by atoms with E-state index in [-0.39, 0.29) is 12.6 Å². The van der Waals surface area contributed by atoms with Gasteiger partial charge in [-0.25, -0.2) is 9.78 Å². The van der Waals surface area contributed by atoms with Crippen molar-refractivity contribution in [1.29, 1.82) is 0 Å². The Balaban J connectivity index is 1.27. The maximum absolute atomic E-state index is 12.3. The maximum Gasteiger partial charge on any atom is 0.325 e. The zero-order chi connectivity index (χ0) is 30.2. The van der Waals surface area contributed by atoms with Crippen LogP contribution in [0.5, 0.6) is 17.2 Å². The number of fused-ring (bicyclic) bond motifs is 1. The van der Waals surface area contributed by atoms with E-state index in [1.165, 1.54) is 10.1 Å². The van der Waals surface area contributed by atoms with Gasteiger partial charge in [0.1, 0.15) is 18.2 Å². The molecule has 2 aromatic heterocycles. The quantitative estimate of drug-likeness (QED) is 0.141. The molecular formula is C32H39N5O6. The highest BCUT2D eigenvalue weighted by molar-refractivity contribution is 5.93. The van der Waals surface area contributed by atoms with Crippen LogP contribution in [0.4, 0.5) is 10.6 Å². The molecule has 4 N–H and O–H groups in total. The predicted molar refractivity (Wildman–Crippen MR) is 164 cm³/mol. The molecule has 5 rings (SSSR count). The first kappa shape index (κ1) is 30.3. The van der Waals surface area contributed by atoms with Gasteiger partial charge in [0.2, 0.25) is 0 Å². The normalized spacial score (nSPS) is 14.9. The van der Waals surface area contributed by atoms with Crippen LogP contribution in [0.2, 0.25) is 0 Å². The molecule has 1 unspecified atom stereocenters. The molecule has 1 amide bonds. The summed E-state index contributed by atoms with van der Waals surface area (Å²) < 4.78 is 18.8. The molecule has 0 saturated carbocycles. The van der Waals surface area contributed by atoms with E-state index >= 15 is 0 Å². The number of pyridine rings is 1. The lowest BCUT2D eigenvalue weighted by molar-refractivity contribution is 0.145. The van der Waals surface area contributed by atoms with E-state index in [1.807, 2.05) is 24.3 Å². The summed E-state index contributed by atoms with van der Waals surface area (Å²) in [5.41, 5.74) is 2.67. The van der Waals surface area contributed by atoms with Gasteiger partial charge in [0, 0.05) is 56.2 Å². The van der Waals surface area contributed by atoms with E-state index in [1.54, 1.807) is 44.8 Å². The topological polar surface area (TPSA) is 130 Å². The third-order valence-electron chi connectivity index (χ3n) is 7.70. The van der Waals surface area contributed by atoms with Crippen LogP contribution in [-0.4, -0.2) is 84.3 Å². The number of benzene rings is 2. The second-order valence-corrected chi connectivity index (χ2v) is 10.5. The third kappa shape index (κ3) is 7.44. The minimum Gasteiger partial charge on any atom is -0.487 e. The van der Waals surface area contributed by atoms with Gasteiger partial charge in [-0.2, -0.15) is 0 Å². The number of β-amino-alcohol motifs (C(OH)–C–C–N with tert-alkyl or cyclic N) is 1. The number of nitrogens with zero attached hydrogens (tertiary/aromatic N) is 3. The molecule has 228 valence electrons. The van der Waals surface area contributed by atoms with Gasteiger partial charge in [0.25, 0.3) is 0 Å². The standard InChI is InChI=1S/C32H39N5O6/c1-33-32(40)37-14-10-25-19-29(28(21-27(25)37)42-18-17-41-2)43-26-7-11-34-30(20-26)35-31(39)24-5-3-22(4-6-24)23-8-12-36(13-9-23)15-16-38/h3-7,10-11,14,19-21,23,31,38-39H,8-9,12-13,15-18H2,1-2H3,(H,33,40)(H,34,35). The number of carbonyl (C=O) groups excluding carboxylic acids is 1. The first-order valence-electron chi connectivity index (χ1n) is 14.5. The number of piperidine rings is 1. The number of nitrogens with one attached hydrogen (secondary N) is 2. The zero-order valence-electron chi connectivity index (χ0n) is 24.5. The molecule has 43 heavy (non-hydrogen) atoms. The van der Waals surface area contributed by atoms with E-state index in [0.717, 1.165) is 43.4 Å². The third-order valence-corrected chi connectivity index (χ3v) is 7.70. The van der Waals surface area contributed by atoms with Crippen LogP contribution >= 0.6 is 0 Å². The van der Waals surface area contributed by atoms with Crippen LogP contribution < -0.4 is 20.1 Å². The van der Waals surface area contributed by atoms with Crippen molar-refractivity contribution in [2.45, 2.75) is 25.0 Å². The van der Waals surface area contributed by atoms with E-state index in [0.29, 0.717) is 47.7 Å². The molecular weight excluding hydrogens is 550 g/mol. The lowest BCUT2D eigenvalue weighted by atomic mass is 9.89. The number of likely N-dealkylation sites (tertiary alicyclic amines) is 1. The van der Waals surface area contributed by atoms with Crippen molar-refractivity contribution in [2.75, 3.05) is 58.9 Å². The Kier molecular flexibility index (Phi) is 10.1. The summed E-state index contributed by atoms with van der Waals surface area (Å²) in [4.78, 5) is 18.9. The Hall–Kier alpha value is -4.16. The summed E-state index contributed by atoms with van der Waals surface area (Å²) in [6, 6.07) is 16.6. The predicted octanol–water partition coefficient (Wildman–Crippen LogP) is 4.32. The second kappa shape index (κ2) is 14.3. The molecule has 11 nitrogen and oxygen atoms in total. The molecule has 1 atom stereocenters. The van der Waals surface area contributed by atoms with Gasteiger partial charge in [-0.1, -0.05) is 24.3 Å². The number of hydrogen-bond donors (Lipinski definition) is 4. The molecule has 11 heteroatoms. The average Bonchev–Trinajstić information content (AvgIpc) is 3.44. The number of rotatable bonds is 12. The number of methoxy groups -OCH3 is 1. The second-order valence-electron chi connectivity index (χ2n) is 10.5. The van der Waals surface area contributed by atoms with E-state index in [9.17, 15) is 15.0 Å². The summed E-state index contributed by atoms with van der Waals surface area (Å²) in [7, 11) is 3.17. The fourth-order valence-corrected chi connectivity index (χ4v) is 5.35. The van der Waals surface area contributed by atoms with E-state index in [4.69, 9.17) is 14.2 Å². The lowest BCUT2D eigenvalue weighted by Crippen LogP contribution is -2.34. The van der Waals surface area contributed by atoms with E-state index in [2.05, 4.69) is 32.7 Å². The molecule has 0 aliphatic carbocycles. The van der Waals surface area contributed by atoms with Gasteiger partial charge in [-0.3, -0.25) is 4.57 Å². The van der Waals surface area contributed by atoms with Crippen LogP contribution in [0.1, 0.15) is 36.1 Å². The van der Waals surface area contributed by atoms with Crippen molar-refractivity contribution in [1.82, 2.24) is 19.8 Å². The monoisotopic (exact) mass is 589 g/mol. The Labute approximate surface area is 251 Å². The average molecular weight is 590 g/mol. The number of carbonyl (C=O) groups is 1. The van der Waals surface area contributed by atoms with Crippen LogP contribution in [0.15, 0.2) is 67.0 Å². The van der Waals surface area contributed by atoms with E-state index < -0.39 is 6.23 Å². The van der Waals surface area contributed by atoms with Crippen LogP contribution in [0, 0.1) is 0 Å². The highest BCUT2D eigenvalue weighted by Gasteiger charge is 2.21. The van der Waals surface area contributed by atoms with Crippen molar-refractivity contribution in [2.24, 2.45) is 0 Å². The van der Waals surface area contributed by atoms with Gasteiger partial charge in [0.05, 0.1) is 18.7 Å². The highest BCUT2D eigenvalue weighted by atomic mass is 16.5. The van der Waals surface area contributed by atoms with Gasteiger partial charge >= 0.3 is 6.03 Å². The summed E-state index contributed by atoms with van der Waals surface area (Å²) in [5.74, 6) is 2.34. The van der Waals surface area contributed by atoms with Crippen molar-refractivity contribution in [3.8, 4) is 17.2 Å². The van der Waals surface area contributed by atoms with Gasteiger partial charge in [0.15, 0.2) is 17.7 Å². The lowest BCUT2D eigenvalue weighted by Gasteiger charge is -2.31.